The Morgan fingerprint density at radius 3 is 2.76 bits per heavy atom. The number of aromatic amines is 1. The summed E-state index contributed by atoms with van der Waals surface area (Å²) in [7, 11) is -4.18. The van der Waals surface area contributed by atoms with E-state index in [1.54, 1.807) is 24.3 Å². The molecule has 1 aromatic heterocycles. The molecule has 2 fully saturated rings. The minimum Gasteiger partial charge on any atom is -0.387 e. The van der Waals surface area contributed by atoms with Crippen molar-refractivity contribution in [3.63, 3.8) is 0 Å². The lowest BCUT2D eigenvalue weighted by Crippen LogP contribution is -2.45. The van der Waals surface area contributed by atoms with Crippen molar-refractivity contribution in [2.24, 2.45) is 5.11 Å². The topological polar surface area (TPSA) is 198 Å². The van der Waals surface area contributed by atoms with E-state index in [0.29, 0.717) is 6.42 Å². The number of azide groups is 1. The highest BCUT2D eigenvalue weighted by molar-refractivity contribution is 7.48. The highest BCUT2D eigenvalue weighted by Crippen LogP contribution is 2.58. The summed E-state index contributed by atoms with van der Waals surface area (Å²) in [6.07, 6.45) is -4.35. The van der Waals surface area contributed by atoms with E-state index in [4.69, 9.17) is 23.8 Å². The first kappa shape index (κ1) is 23.4. The maximum absolute atomic E-state index is 13.1. The van der Waals surface area contributed by atoms with Crippen LogP contribution in [0.15, 0.2) is 57.3 Å². The van der Waals surface area contributed by atoms with E-state index < -0.39 is 55.9 Å². The molecule has 6 atom stereocenters. The molecular weight excluding hydrogens is 461 g/mol. The molecule has 2 aliphatic rings. The van der Waals surface area contributed by atoms with E-state index in [-0.39, 0.29) is 6.61 Å². The number of phosphoric acid groups is 1. The summed E-state index contributed by atoms with van der Waals surface area (Å²) in [5.41, 5.74) is 5.86. The molecule has 0 saturated carbocycles. The third kappa shape index (κ3) is 4.64. The summed E-state index contributed by atoms with van der Waals surface area (Å²) < 4.78 is 35.4. The Balaban J connectivity index is 1.55. The number of H-pyrrole nitrogens is 1. The lowest BCUT2D eigenvalue weighted by Gasteiger charge is -2.32. The first-order valence-electron chi connectivity index (χ1n) is 9.81. The Morgan fingerprint density at radius 1 is 1.30 bits per heavy atom. The van der Waals surface area contributed by atoms with Gasteiger partial charge < -0.3 is 14.9 Å². The second-order valence-electron chi connectivity index (χ2n) is 7.34. The van der Waals surface area contributed by atoms with Gasteiger partial charge in [0.05, 0.1) is 19.3 Å². The quantitative estimate of drug-likeness (QED) is 0.234. The molecule has 0 bridgehead atoms. The molecule has 2 saturated heterocycles. The number of nitrogens with zero attached hydrogens (tertiary/aromatic N) is 4. The van der Waals surface area contributed by atoms with Crippen molar-refractivity contribution < 1.29 is 33.1 Å². The Kier molecular flexibility index (Phi) is 6.52. The summed E-state index contributed by atoms with van der Waals surface area (Å²) in [6, 6.07) is 9.97. The molecule has 14 nitrogen and oxygen atoms in total. The molecule has 4 rings (SSSR count). The molecule has 3 N–H and O–H groups in total. The monoisotopic (exact) mass is 481 g/mol. The second-order valence-corrected chi connectivity index (χ2v) is 8.96. The van der Waals surface area contributed by atoms with Crippen LogP contribution in [0.3, 0.4) is 0 Å². The molecule has 15 heteroatoms. The third-order valence-electron chi connectivity index (χ3n) is 5.23. The van der Waals surface area contributed by atoms with Crippen molar-refractivity contribution in [2.75, 3.05) is 13.2 Å². The molecule has 0 amide bonds. The summed E-state index contributed by atoms with van der Waals surface area (Å²) >= 11 is 0. The smallest absolute Gasteiger partial charge is 0.387 e. The predicted octanol–water partition coefficient (Wildman–Crippen LogP) is 1.10. The van der Waals surface area contributed by atoms with Gasteiger partial charge in [0.25, 0.3) is 5.56 Å². The highest BCUT2D eigenvalue weighted by atomic mass is 31.2. The molecule has 0 radical (unpaired) electrons. The van der Waals surface area contributed by atoms with E-state index in [2.05, 4.69) is 10.0 Å². The van der Waals surface area contributed by atoms with Crippen LogP contribution in [-0.2, 0) is 22.9 Å². The first-order valence-corrected chi connectivity index (χ1v) is 11.3. The molecule has 0 unspecified atom stereocenters. The third-order valence-corrected chi connectivity index (χ3v) is 6.69. The van der Waals surface area contributed by atoms with Crippen LogP contribution in [0.2, 0.25) is 0 Å². The van der Waals surface area contributed by atoms with Gasteiger partial charge in [0.1, 0.15) is 12.2 Å². The molecule has 0 spiro atoms. The molecular formula is C18H20N5O9P. The maximum atomic E-state index is 13.1. The normalized spacial score (nSPS) is 34.0. The van der Waals surface area contributed by atoms with Crippen molar-refractivity contribution in [3.8, 4) is 0 Å². The Morgan fingerprint density at radius 2 is 2.06 bits per heavy atom. The Bertz CT molecular complexity index is 1210. The van der Waals surface area contributed by atoms with E-state index in [1.165, 1.54) is 0 Å². The maximum Gasteiger partial charge on any atom is 0.475 e. The fraction of sp³-hybridized carbons (Fsp3) is 0.444. The van der Waals surface area contributed by atoms with E-state index >= 15 is 0 Å². The minimum absolute atomic E-state index is 0.0484. The minimum atomic E-state index is -4.18. The van der Waals surface area contributed by atoms with Crippen LogP contribution >= 0.6 is 7.82 Å². The van der Waals surface area contributed by atoms with Crippen LogP contribution in [0.4, 0.5) is 0 Å². The average molecular weight is 481 g/mol. The van der Waals surface area contributed by atoms with E-state index in [9.17, 15) is 24.4 Å². The van der Waals surface area contributed by atoms with Crippen LogP contribution < -0.4 is 11.2 Å². The zero-order valence-corrected chi connectivity index (χ0v) is 17.9. The van der Waals surface area contributed by atoms with Gasteiger partial charge in [-0.2, -0.15) is 0 Å². The lowest BCUT2D eigenvalue weighted by molar-refractivity contribution is -0.127. The van der Waals surface area contributed by atoms with Gasteiger partial charge in [-0.1, -0.05) is 35.4 Å². The average Bonchev–Trinajstić information content (AvgIpc) is 3.04. The van der Waals surface area contributed by atoms with Crippen LogP contribution in [0.5, 0.6) is 0 Å². The van der Waals surface area contributed by atoms with Crippen molar-refractivity contribution in [2.45, 2.75) is 36.7 Å². The highest BCUT2D eigenvalue weighted by Gasteiger charge is 2.56. The number of nitrogens with one attached hydrogen (secondary N) is 1. The van der Waals surface area contributed by atoms with Crippen LogP contribution in [0.1, 0.15) is 24.3 Å². The van der Waals surface area contributed by atoms with Crippen molar-refractivity contribution in [1.29, 1.82) is 0 Å². The summed E-state index contributed by atoms with van der Waals surface area (Å²) in [5, 5.41) is 24.4. The molecule has 176 valence electrons. The fourth-order valence-corrected chi connectivity index (χ4v) is 4.98. The molecule has 0 aliphatic carbocycles. The second kappa shape index (κ2) is 9.21. The van der Waals surface area contributed by atoms with Crippen molar-refractivity contribution in [3.05, 3.63) is 79.4 Å². The summed E-state index contributed by atoms with van der Waals surface area (Å²) in [5.74, 6) is 0. The Hall–Kier alpha value is -2.80. The molecule has 2 aromatic rings. The standard InChI is InChI=1S/C18H20N5O9P/c19-22-21-18(15(26)14(25)16(31-18)23-8-6-13(24)20-17(23)27)10-30-33(28)29-9-7-12(32-33)11-4-2-1-3-5-11/h1-6,8,12,14-16,25-26H,7,9-10H2,(H,20,24,27)/t12-,14-,15+,16-,18-,33+/m1/s1. The number of aromatic nitrogens is 2. The number of hydrogen-bond donors (Lipinski definition) is 3. The largest absolute Gasteiger partial charge is 0.475 e. The van der Waals surface area contributed by atoms with Crippen molar-refractivity contribution >= 4 is 7.82 Å². The van der Waals surface area contributed by atoms with Gasteiger partial charge in [-0.05, 0) is 11.1 Å². The molecule has 3 heterocycles. The van der Waals surface area contributed by atoms with Gasteiger partial charge in [-0.15, -0.1) is 0 Å². The summed E-state index contributed by atoms with van der Waals surface area (Å²) in [6.45, 7) is -0.782. The van der Waals surface area contributed by atoms with Crippen LogP contribution in [0.25, 0.3) is 10.4 Å². The fourth-order valence-electron chi connectivity index (χ4n) is 3.57. The number of aliphatic hydroxyl groups excluding tert-OH is 2. The van der Waals surface area contributed by atoms with Crippen LogP contribution in [0, 0.1) is 0 Å². The summed E-state index contributed by atoms with van der Waals surface area (Å²) in [4.78, 5) is 28.0. The van der Waals surface area contributed by atoms with Gasteiger partial charge in [0.2, 0.25) is 5.72 Å². The number of benzene rings is 1. The van der Waals surface area contributed by atoms with Crippen molar-refractivity contribution in [1.82, 2.24) is 9.55 Å². The first-order chi connectivity index (χ1) is 15.8. The van der Waals surface area contributed by atoms with Gasteiger partial charge >= 0.3 is 13.5 Å². The number of ether oxygens (including phenoxy) is 1. The number of aliphatic hydroxyl groups is 2. The number of phosphoric ester groups is 1. The SMILES string of the molecule is [N-]=[N+]=N[C@]1(CO[P@]2(=O)OCC[C@H](c3ccccc3)O2)O[C@@H](n2ccc(=O)[nH]c2=O)[C@H](O)[C@@H]1O. The van der Waals surface area contributed by atoms with Gasteiger partial charge in [-0.25, -0.2) is 9.36 Å². The van der Waals surface area contributed by atoms with E-state index in [1.807, 2.05) is 11.1 Å². The van der Waals surface area contributed by atoms with Gasteiger partial charge in [0.15, 0.2) is 6.23 Å². The van der Waals surface area contributed by atoms with Gasteiger partial charge in [0, 0.05) is 23.6 Å². The zero-order chi connectivity index (χ0) is 23.6. The number of rotatable bonds is 6. The van der Waals surface area contributed by atoms with Crippen LogP contribution in [-0.4, -0.2) is 50.9 Å². The molecule has 33 heavy (non-hydrogen) atoms. The van der Waals surface area contributed by atoms with Gasteiger partial charge in [-0.3, -0.25) is 27.9 Å². The Labute approximate surface area is 185 Å². The zero-order valence-electron chi connectivity index (χ0n) is 17.0. The predicted molar refractivity (Wildman–Crippen MR) is 110 cm³/mol. The lowest BCUT2D eigenvalue weighted by atomic mass is 10.1. The number of hydrogen-bond acceptors (Lipinski definition) is 10. The molecule has 1 aromatic carbocycles. The molecule has 2 aliphatic heterocycles. The van der Waals surface area contributed by atoms with E-state index in [0.717, 1.165) is 22.4 Å².